The lowest BCUT2D eigenvalue weighted by Crippen LogP contribution is -2.49. The van der Waals surface area contributed by atoms with Crippen LogP contribution >= 0.6 is 11.3 Å². The number of thiophene rings is 1. The van der Waals surface area contributed by atoms with Crippen molar-refractivity contribution in [2.24, 2.45) is 0 Å². The Balaban J connectivity index is 1.30. The molecule has 4 aromatic heterocycles. The van der Waals surface area contributed by atoms with Crippen LogP contribution in [0.3, 0.4) is 0 Å². The summed E-state index contributed by atoms with van der Waals surface area (Å²) in [6.45, 7) is 2.72. The van der Waals surface area contributed by atoms with E-state index in [-0.39, 0.29) is 11.5 Å². The number of amides is 1. The van der Waals surface area contributed by atoms with Gasteiger partial charge in [0.2, 0.25) is 0 Å². The van der Waals surface area contributed by atoms with Crippen LogP contribution in [-0.2, 0) is 12.8 Å². The molecule has 162 valence electrons. The lowest BCUT2D eigenvalue weighted by atomic mass is 9.97. The van der Waals surface area contributed by atoms with Crippen LogP contribution in [0, 0.1) is 0 Å². The van der Waals surface area contributed by atoms with Gasteiger partial charge in [-0.15, -0.1) is 11.3 Å². The Morgan fingerprint density at radius 3 is 2.66 bits per heavy atom. The first-order valence-corrected chi connectivity index (χ1v) is 11.9. The minimum absolute atomic E-state index is 0.0492. The van der Waals surface area contributed by atoms with Crippen molar-refractivity contribution >= 4 is 38.9 Å². The molecule has 6 rings (SSSR count). The van der Waals surface area contributed by atoms with Gasteiger partial charge in [-0.05, 0) is 55.5 Å². The van der Waals surface area contributed by atoms with Crippen molar-refractivity contribution in [1.82, 2.24) is 19.3 Å². The van der Waals surface area contributed by atoms with Gasteiger partial charge in [0.05, 0.1) is 10.9 Å². The zero-order chi connectivity index (χ0) is 21.7. The third-order valence-electron chi connectivity index (χ3n) is 6.52. The van der Waals surface area contributed by atoms with Crippen LogP contribution in [0.25, 0.3) is 15.9 Å². The average Bonchev–Trinajstić information content (AvgIpc) is 3.23. The fraction of sp³-hybridized carbons (Fsp3) is 0.333. The molecule has 0 unspecified atom stereocenters. The second kappa shape index (κ2) is 7.70. The summed E-state index contributed by atoms with van der Waals surface area (Å²) in [5.74, 6) is 0.887. The Hall–Kier alpha value is -3.26. The average molecular weight is 446 g/mol. The number of carbonyl (C=O) groups is 1. The number of anilines is 1. The maximum atomic E-state index is 13.4. The molecule has 7 nitrogen and oxygen atoms in total. The van der Waals surface area contributed by atoms with E-state index in [1.165, 1.54) is 16.9 Å². The quantitative estimate of drug-likeness (QED) is 0.474. The van der Waals surface area contributed by atoms with Crippen LogP contribution in [0.4, 0.5) is 5.82 Å². The van der Waals surface area contributed by atoms with Crippen molar-refractivity contribution in [3.05, 3.63) is 69.1 Å². The van der Waals surface area contributed by atoms with Gasteiger partial charge in [0.1, 0.15) is 16.3 Å². The van der Waals surface area contributed by atoms with E-state index in [4.69, 9.17) is 4.98 Å². The molecule has 4 aromatic rings. The molecule has 0 spiro atoms. The number of nitrogens with zero attached hydrogens (tertiary/aromatic N) is 5. The maximum Gasteiger partial charge on any atom is 0.266 e. The number of carbonyl (C=O) groups excluding carboxylic acids is 1. The van der Waals surface area contributed by atoms with Gasteiger partial charge < -0.3 is 9.80 Å². The molecule has 1 saturated heterocycles. The molecule has 8 heteroatoms. The van der Waals surface area contributed by atoms with E-state index in [2.05, 4.69) is 9.88 Å². The largest absolute Gasteiger partial charge is 0.353 e. The second-order valence-corrected chi connectivity index (χ2v) is 9.50. The predicted octanol–water partition coefficient (Wildman–Crippen LogP) is 3.15. The van der Waals surface area contributed by atoms with Gasteiger partial charge in [-0.25, -0.2) is 9.97 Å². The van der Waals surface area contributed by atoms with Crippen molar-refractivity contribution < 1.29 is 4.79 Å². The minimum atomic E-state index is -0.0565. The summed E-state index contributed by atoms with van der Waals surface area (Å²) < 4.78 is 1.56. The number of rotatable bonds is 2. The molecule has 5 heterocycles. The fourth-order valence-corrected chi connectivity index (χ4v) is 6.07. The number of pyridine rings is 2. The summed E-state index contributed by atoms with van der Waals surface area (Å²) in [6.07, 6.45) is 7.72. The SMILES string of the molecule is O=C(c1ccc2nc3sc4c(c3c(=O)n2c1)CCCC4)N1CCN(c2ccccn2)CC1. The maximum absolute atomic E-state index is 13.4. The van der Waals surface area contributed by atoms with Crippen LogP contribution in [0.1, 0.15) is 33.6 Å². The molecular formula is C24H23N5O2S. The van der Waals surface area contributed by atoms with Crippen LogP contribution in [-0.4, -0.2) is 51.4 Å². The normalized spacial score (nSPS) is 16.5. The van der Waals surface area contributed by atoms with Gasteiger partial charge in [-0.2, -0.15) is 0 Å². The van der Waals surface area contributed by atoms with Gasteiger partial charge >= 0.3 is 0 Å². The number of hydrogen-bond acceptors (Lipinski definition) is 6. The van der Waals surface area contributed by atoms with Crippen molar-refractivity contribution in [3.8, 4) is 0 Å². The molecule has 1 aliphatic carbocycles. The minimum Gasteiger partial charge on any atom is -0.353 e. The molecule has 2 aliphatic rings. The number of piperazine rings is 1. The molecule has 1 aliphatic heterocycles. The van der Waals surface area contributed by atoms with Crippen molar-refractivity contribution in [1.29, 1.82) is 0 Å². The fourth-order valence-electron chi connectivity index (χ4n) is 4.81. The van der Waals surface area contributed by atoms with Crippen LogP contribution < -0.4 is 10.5 Å². The zero-order valence-corrected chi connectivity index (χ0v) is 18.5. The Morgan fingerprint density at radius 1 is 1.00 bits per heavy atom. The third-order valence-corrected chi connectivity index (χ3v) is 7.70. The molecule has 0 radical (unpaired) electrons. The lowest BCUT2D eigenvalue weighted by Gasteiger charge is -2.35. The summed E-state index contributed by atoms with van der Waals surface area (Å²) in [4.78, 5) is 41.9. The van der Waals surface area contributed by atoms with Gasteiger partial charge in [0.25, 0.3) is 11.5 Å². The second-order valence-electron chi connectivity index (χ2n) is 8.42. The monoisotopic (exact) mass is 445 g/mol. The molecule has 0 aromatic carbocycles. The van der Waals surface area contributed by atoms with E-state index in [1.807, 2.05) is 23.1 Å². The Kier molecular flexibility index (Phi) is 4.68. The van der Waals surface area contributed by atoms with Crippen molar-refractivity contribution in [3.63, 3.8) is 0 Å². The van der Waals surface area contributed by atoms with Gasteiger partial charge in [0, 0.05) is 43.4 Å². The van der Waals surface area contributed by atoms with Gasteiger partial charge in [-0.1, -0.05) is 6.07 Å². The van der Waals surface area contributed by atoms with Gasteiger partial charge in [0.15, 0.2) is 0 Å². The first-order valence-electron chi connectivity index (χ1n) is 11.1. The number of aryl methyl sites for hydroxylation is 2. The highest BCUT2D eigenvalue weighted by atomic mass is 32.1. The number of fused-ring (bicyclic) bond motifs is 4. The first-order chi connectivity index (χ1) is 15.7. The Bertz CT molecular complexity index is 1390. The molecular weight excluding hydrogens is 422 g/mol. The van der Waals surface area contributed by atoms with Crippen molar-refractivity contribution in [2.45, 2.75) is 25.7 Å². The van der Waals surface area contributed by atoms with E-state index in [0.717, 1.165) is 48.4 Å². The smallest absolute Gasteiger partial charge is 0.266 e. The molecule has 32 heavy (non-hydrogen) atoms. The van der Waals surface area contributed by atoms with Crippen molar-refractivity contribution in [2.75, 3.05) is 31.1 Å². The van der Waals surface area contributed by atoms with Crippen LogP contribution in [0.15, 0.2) is 47.5 Å². The molecule has 0 atom stereocenters. The van der Waals surface area contributed by atoms with Crippen LogP contribution in [0.5, 0.6) is 0 Å². The van der Waals surface area contributed by atoms with E-state index in [0.29, 0.717) is 24.3 Å². The molecule has 1 amide bonds. The summed E-state index contributed by atoms with van der Waals surface area (Å²) in [5.41, 5.74) is 2.23. The first kappa shape index (κ1) is 19.4. The Morgan fingerprint density at radius 2 is 1.84 bits per heavy atom. The standard InChI is InChI=1S/C24H23N5O2S/c30-23(28-13-11-27(12-14-28)19-7-3-4-10-25-19)16-8-9-20-26-22-21(24(31)29(20)15-16)17-5-1-2-6-18(17)32-22/h3-4,7-10,15H,1-2,5-6,11-14H2. The number of aromatic nitrogens is 3. The highest BCUT2D eigenvalue weighted by Crippen LogP contribution is 2.33. The summed E-state index contributed by atoms with van der Waals surface area (Å²) in [7, 11) is 0. The molecule has 0 bridgehead atoms. The highest BCUT2D eigenvalue weighted by molar-refractivity contribution is 7.18. The summed E-state index contributed by atoms with van der Waals surface area (Å²) >= 11 is 1.65. The topological polar surface area (TPSA) is 70.8 Å². The van der Waals surface area contributed by atoms with E-state index in [9.17, 15) is 9.59 Å². The van der Waals surface area contributed by atoms with E-state index < -0.39 is 0 Å². The predicted molar refractivity (Wildman–Crippen MR) is 126 cm³/mol. The summed E-state index contributed by atoms with van der Waals surface area (Å²) in [6, 6.07) is 9.44. The van der Waals surface area contributed by atoms with E-state index in [1.54, 1.807) is 40.3 Å². The van der Waals surface area contributed by atoms with E-state index >= 15 is 0 Å². The number of hydrogen-bond donors (Lipinski definition) is 0. The summed E-state index contributed by atoms with van der Waals surface area (Å²) in [5, 5.41) is 0.746. The third kappa shape index (κ3) is 3.17. The Labute approximate surface area is 188 Å². The lowest BCUT2D eigenvalue weighted by molar-refractivity contribution is 0.0746. The molecule has 1 fully saturated rings. The van der Waals surface area contributed by atoms with Crippen LogP contribution in [0.2, 0.25) is 0 Å². The molecule has 0 saturated carbocycles. The highest BCUT2D eigenvalue weighted by Gasteiger charge is 2.24. The zero-order valence-electron chi connectivity index (χ0n) is 17.7. The van der Waals surface area contributed by atoms with Gasteiger partial charge in [-0.3, -0.25) is 14.0 Å². The molecule has 0 N–H and O–H groups in total.